The maximum atomic E-state index is 11.6. The van der Waals surface area contributed by atoms with Gasteiger partial charge in [-0.15, -0.1) is 0 Å². The number of pyridine rings is 1. The van der Waals surface area contributed by atoms with Gasteiger partial charge in [0.15, 0.2) is 0 Å². The molecule has 0 amide bonds. The predicted molar refractivity (Wildman–Crippen MR) is 101 cm³/mol. The third-order valence-corrected chi connectivity index (χ3v) is 4.58. The lowest BCUT2D eigenvalue weighted by Crippen LogP contribution is -2.06. The molecule has 0 bridgehead atoms. The fourth-order valence-electron chi connectivity index (χ4n) is 3.01. The summed E-state index contributed by atoms with van der Waals surface area (Å²) in [7, 11) is 0. The lowest BCUT2D eigenvalue weighted by molar-refractivity contribution is -0.143. The Labute approximate surface area is 152 Å². The largest absolute Gasteiger partial charge is 0.466 e. The van der Waals surface area contributed by atoms with E-state index in [4.69, 9.17) is 16.3 Å². The van der Waals surface area contributed by atoms with Crippen molar-refractivity contribution in [3.8, 4) is 0 Å². The predicted octanol–water partition coefficient (Wildman–Crippen LogP) is 4.97. The van der Waals surface area contributed by atoms with Crippen molar-refractivity contribution in [2.75, 3.05) is 6.61 Å². The SMILES string of the molecule is CCOC(=O)CCc1ccncc1Cc1ccc(Cl)c2ccccc12. The van der Waals surface area contributed by atoms with Crippen LogP contribution in [0, 0.1) is 0 Å². The van der Waals surface area contributed by atoms with E-state index >= 15 is 0 Å². The molecule has 3 aromatic rings. The summed E-state index contributed by atoms with van der Waals surface area (Å²) < 4.78 is 5.02. The van der Waals surface area contributed by atoms with Gasteiger partial charge in [-0.3, -0.25) is 9.78 Å². The maximum Gasteiger partial charge on any atom is 0.306 e. The van der Waals surface area contributed by atoms with Gasteiger partial charge < -0.3 is 4.74 Å². The van der Waals surface area contributed by atoms with Crippen LogP contribution in [0.15, 0.2) is 54.9 Å². The Morgan fingerprint density at radius 3 is 2.64 bits per heavy atom. The van der Waals surface area contributed by atoms with E-state index < -0.39 is 0 Å². The normalized spacial score (nSPS) is 10.8. The minimum Gasteiger partial charge on any atom is -0.466 e. The number of hydrogen-bond donors (Lipinski definition) is 0. The first-order valence-electron chi connectivity index (χ1n) is 8.42. The van der Waals surface area contributed by atoms with Gasteiger partial charge in [-0.2, -0.15) is 0 Å². The van der Waals surface area contributed by atoms with Crippen molar-refractivity contribution in [2.45, 2.75) is 26.2 Å². The fourth-order valence-corrected chi connectivity index (χ4v) is 3.24. The smallest absolute Gasteiger partial charge is 0.306 e. The van der Waals surface area contributed by atoms with Crippen LogP contribution in [0.3, 0.4) is 0 Å². The third kappa shape index (κ3) is 4.18. The molecule has 4 heteroatoms. The van der Waals surface area contributed by atoms with E-state index in [1.54, 1.807) is 6.20 Å². The van der Waals surface area contributed by atoms with Crippen LogP contribution in [0.1, 0.15) is 30.0 Å². The first kappa shape index (κ1) is 17.4. The van der Waals surface area contributed by atoms with Crippen molar-refractivity contribution < 1.29 is 9.53 Å². The number of ether oxygens (including phenoxy) is 1. The Morgan fingerprint density at radius 2 is 1.84 bits per heavy atom. The van der Waals surface area contributed by atoms with Crippen molar-refractivity contribution in [3.63, 3.8) is 0 Å². The van der Waals surface area contributed by atoms with Crippen LogP contribution < -0.4 is 0 Å². The van der Waals surface area contributed by atoms with Gasteiger partial charge in [-0.1, -0.05) is 41.9 Å². The summed E-state index contributed by atoms with van der Waals surface area (Å²) in [6.45, 7) is 2.24. The number of esters is 1. The standard InChI is InChI=1S/C21H20ClNO2/c1-2-25-21(24)10-8-15-11-12-23-14-17(15)13-16-7-9-20(22)19-6-4-3-5-18(16)19/h3-7,9,11-12,14H,2,8,10,13H2,1H3. The molecule has 0 saturated heterocycles. The van der Waals surface area contributed by atoms with Crippen molar-refractivity contribution in [2.24, 2.45) is 0 Å². The van der Waals surface area contributed by atoms with Crippen molar-refractivity contribution in [1.82, 2.24) is 4.98 Å². The Kier molecular flexibility index (Phi) is 5.67. The molecule has 3 nitrogen and oxygen atoms in total. The van der Waals surface area contributed by atoms with Gasteiger partial charge in [-0.25, -0.2) is 0 Å². The molecule has 0 aliphatic heterocycles. The number of carbonyl (C=O) groups excluding carboxylic acids is 1. The van der Waals surface area contributed by atoms with Crippen molar-refractivity contribution in [3.05, 3.63) is 76.6 Å². The molecule has 1 aromatic heterocycles. The van der Waals surface area contributed by atoms with Gasteiger partial charge in [-0.05, 0) is 54.0 Å². The zero-order valence-electron chi connectivity index (χ0n) is 14.2. The highest BCUT2D eigenvalue weighted by Gasteiger charge is 2.10. The van der Waals surface area contributed by atoms with E-state index in [0.717, 1.165) is 33.3 Å². The van der Waals surface area contributed by atoms with E-state index in [2.05, 4.69) is 17.1 Å². The van der Waals surface area contributed by atoms with Gasteiger partial charge in [0.2, 0.25) is 0 Å². The topological polar surface area (TPSA) is 39.2 Å². The number of carbonyl (C=O) groups is 1. The molecule has 0 unspecified atom stereocenters. The molecule has 1 heterocycles. The van der Waals surface area contributed by atoms with Crippen LogP contribution in [0.2, 0.25) is 5.02 Å². The van der Waals surface area contributed by atoms with E-state index in [0.29, 0.717) is 19.4 Å². The average Bonchev–Trinajstić information content (AvgIpc) is 2.64. The Morgan fingerprint density at radius 1 is 1.04 bits per heavy atom. The molecule has 0 fully saturated rings. The van der Waals surface area contributed by atoms with Gasteiger partial charge in [0.25, 0.3) is 0 Å². The van der Waals surface area contributed by atoms with Crippen LogP contribution >= 0.6 is 11.6 Å². The molecule has 0 saturated carbocycles. The molecule has 128 valence electrons. The molecule has 0 spiro atoms. The Balaban J connectivity index is 1.87. The van der Waals surface area contributed by atoms with Crippen LogP contribution in [-0.2, 0) is 22.4 Å². The summed E-state index contributed by atoms with van der Waals surface area (Å²) in [5.41, 5.74) is 3.45. The molecule has 2 aromatic carbocycles. The summed E-state index contributed by atoms with van der Waals surface area (Å²) in [5, 5.41) is 2.96. The molecular formula is C21H20ClNO2. The second kappa shape index (κ2) is 8.13. The second-order valence-electron chi connectivity index (χ2n) is 5.88. The summed E-state index contributed by atoms with van der Waals surface area (Å²) in [6.07, 6.45) is 5.44. The lowest BCUT2D eigenvalue weighted by Gasteiger charge is -2.12. The van der Waals surface area contributed by atoms with Gasteiger partial charge in [0.1, 0.15) is 0 Å². The fraction of sp³-hybridized carbons (Fsp3) is 0.238. The highest BCUT2D eigenvalue weighted by molar-refractivity contribution is 6.35. The first-order chi connectivity index (χ1) is 12.2. The molecular weight excluding hydrogens is 334 g/mol. The molecule has 3 rings (SSSR count). The number of rotatable bonds is 6. The Bertz CT molecular complexity index is 892. The van der Waals surface area contributed by atoms with E-state index in [1.807, 2.05) is 43.5 Å². The van der Waals surface area contributed by atoms with Gasteiger partial charge in [0, 0.05) is 29.2 Å². The number of halogens is 1. The minimum atomic E-state index is -0.165. The summed E-state index contributed by atoms with van der Waals surface area (Å²) >= 11 is 6.31. The Hall–Kier alpha value is -2.39. The molecule has 0 radical (unpaired) electrons. The lowest BCUT2D eigenvalue weighted by atomic mass is 9.95. The molecule has 0 aliphatic carbocycles. The highest BCUT2D eigenvalue weighted by atomic mass is 35.5. The molecule has 25 heavy (non-hydrogen) atoms. The number of aryl methyl sites for hydroxylation is 1. The van der Waals surface area contributed by atoms with Gasteiger partial charge >= 0.3 is 5.97 Å². The van der Waals surface area contributed by atoms with Crippen molar-refractivity contribution in [1.29, 1.82) is 0 Å². The quantitative estimate of drug-likeness (QED) is 0.587. The van der Waals surface area contributed by atoms with E-state index in [1.165, 1.54) is 5.56 Å². The average molecular weight is 354 g/mol. The van der Waals surface area contributed by atoms with E-state index in [-0.39, 0.29) is 5.97 Å². The monoisotopic (exact) mass is 353 g/mol. The number of aromatic nitrogens is 1. The molecule has 0 aliphatic rings. The zero-order valence-corrected chi connectivity index (χ0v) is 14.9. The van der Waals surface area contributed by atoms with E-state index in [9.17, 15) is 4.79 Å². The summed E-state index contributed by atoms with van der Waals surface area (Å²) in [4.78, 5) is 15.9. The summed E-state index contributed by atoms with van der Waals surface area (Å²) in [5.74, 6) is -0.165. The van der Waals surface area contributed by atoms with Crippen LogP contribution in [0.4, 0.5) is 0 Å². The minimum absolute atomic E-state index is 0.165. The zero-order chi connectivity index (χ0) is 17.6. The highest BCUT2D eigenvalue weighted by Crippen LogP contribution is 2.28. The maximum absolute atomic E-state index is 11.6. The number of hydrogen-bond acceptors (Lipinski definition) is 3. The number of fused-ring (bicyclic) bond motifs is 1. The van der Waals surface area contributed by atoms with Gasteiger partial charge in [0.05, 0.1) is 6.61 Å². The third-order valence-electron chi connectivity index (χ3n) is 4.25. The van der Waals surface area contributed by atoms with Crippen molar-refractivity contribution >= 4 is 28.3 Å². The first-order valence-corrected chi connectivity index (χ1v) is 8.80. The number of benzene rings is 2. The number of nitrogens with zero attached hydrogens (tertiary/aromatic N) is 1. The van der Waals surface area contributed by atoms with Crippen LogP contribution in [0.5, 0.6) is 0 Å². The molecule has 0 N–H and O–H groups in total. The molecule has 0 atom stereocenters. The summed E-state index contributed by atoms with van der Waals surface area (Å²) in [6, 6.07) is 14.1. The van der Waals surface area contributed by atoms with Crippen LogP contribution in [0.25, 0.3) is 10.8 Å². The second-order valence-corrected chi connectivity index (χ2v) is 6.29. The van der Waals surface area contributed by atoms with Crippen LogP contribution in [-0.4, -0.2) is 17.6 Å².